The van der Waals surface area contributed by atoms with Crippen molar-refractivity contribution in [3.8, 4) is 5.75 Å². The molecule has 234 valence electrons. The summed E-state index contributed by atoms with van der Waals surface area (Å²) in [5.41, 5.74) is 7.39. The number of rotatable bonds is 13. The maximum atomic E-state index is 14.0. The van der Waals surface area contributed by atoms with Crippen molar-refractivity contribution in [3.05, 3.63) is 89.6 Å². The van der Waals surface area contributed by atoms with E-state index in [1.807, 2.05) is 49.5 Å². The van der Waals surface area contributed by atoms with E-state index < -0.39 is 0 Å². The van der Waals surface area contributed by atoms with Gasteiger partial charge in [0.1, 0.15) is 5.75 Å². The van der Waals surface area contributed by atoms with E-state index in [1.165, 1.54) is 0 Å². The van der Waals surface area contributed by atoms with Gasteiger partial charge in [0, 0.05) is 62.3 Å². The number of hydrogen-bond acceptors (Lipinski definition) is 5. The standard InChI is InChI=1S/C37H49N5O2/c1-25(2)32-14-9-15-33(26(3)4)36(32)40-37(43)42(24-28-16-18-30(19-17-28)41(6)7)21-11-12-27(5)39-34-23-31(44-8)22-29-13-10-20-38-35(29)34/h9-10,13-20,22-23,25-27,39H,11-12,21,24H2,1-8H3,(H,40,43). The summed E-state index contributed by atoms with van der Waals surface area (Å²) < 4.78 is 5.53. The number of pyridine rings is 1. The molecule has 0 spiro atoms. The number of urea groups is 1. The number of aromatic nitrogens is 1. The number of nitrogens with zero attached hydrogens (tertiary/aromatic N) is 3. The van der Waals surface area contributed by atoms with Gasteiger partial charge in [-0.2, -0.15) is 0 Å². The van der Waals surface area contributed by atoms with Crippen molar-refractivity contribution in [2.45, 2.75) is 71.9 Å². The molecule has 0 bridgehead atoms. The van der Waals surface area contributed by atoms with Gasteiger partial charge in [0.2, 0.25) is 0 Å². The summed E-state index contributed by atoms with van der Waals surface area (Å²) in [4.78, 5) is 22.6. The van der Waals surface area contributed by atoms with E-state index in [2.05, 4.69) is 97.6 Å². The number of para-hydroxylation sites is 1. The first-order chi connectivity index (χ1) is 21.1. The Hall–Kier alpha value is -4.26. The zero-order chi connectivity index (χ0) is 31.8. The van der Waals surface area contributed by atoms with Gasteiger partial charge < -0.3 is 25.2 Å². The number of nitrogens with one attached hydrogen (secondary N) is 2. The van der Waals surface area contributed by atoms with E-state index in [1.54, 1.807) is 7.11 Å². The number of hydrogen-bond donors (Lipinski definition) is 2. The zero-order valence-electron chi connectivity index (χ0n) is 27.6. The minimum atomic E-state index is -0.0692. The summed E-state index contributed by atoms with van der Waals surface area (Å²) >= 11 is 0. The maximum Gasteiger partial charge on any atom is 0.322 e. The Balaban J connectivity index is 1.51. The number of amides is 2. The largest absolute Gasteiger partial charge is 0.497 e. The van der Waals surface area contributed by atoms with Crippen LogP contribution in [0.15, 0.2) is 72.9 Å². The topological polar surface area (TPSA) is 69.7 Å². The van der Waals surface area contributed by atoms with Crippen molar-refractivity contribution in [3.63, 3.8) is 0 Å². The minimum Gasteiger partial charge on any atom is -0.497 e. The van der Waals surface area contributed by atoms with E-state index in [0.717, 1.165) is 63.2 Å². The van der Waals surface area contributed by atoms with Crippen LogP contribution in [0.5, 0.6) is 5.75 Å². The Bertz CT molecular complexity index is 1500. The second kappa shape index (κ2) is 15.0. The lowest BCUT2D eigenvalue weighted by molar-refractivity contribution is 0.207. The highest BCUT2D eigenvalue weighted by Crippen LogP contribution is 2.33. The molecule has 1 aromatic heterocycles. The number of benzene rings is 3. The van der Waals surface area contributed by atoms with Gasteiger partial charge in [0.15, 0.2) is 0 Å². The van der Waals surface area contributed by atoms with Crippen molar-refractivity contribution in [1.29, 1.82) is 0 Å². The molecule has 0 aliphatic carbocycles. The highest BCUT2D eigenvalue weighted by molar-refractivity contribution is 5.92. The highest BCUT2D eigenvalue weighted by atomic mass is 16.5. The van der Waals surface area contributed by atoms with Crippen LogP contribution in [0.3, 0.4) is 0 Å². The monoisotopic (exact) mass is 595 g/mol. The van der Waals surface area contributed by atoms with Gasteiger partial charge in [0.25, 0.3) is 0 Å². The van der Waals surface area contributed by atoms with E-state index in [4.69, 9.17) is 4.74 Å². The molecule has 44 heavy (non-hydrogen) atoms. The molecule has 4 rings (SSSR count). The predicted octanol–water partition coefficient (Wildman–Crippen LogP) is 8.87. The quantitative estimate of drug-likeness (QED) is 0.162. The van der Waals surface area contributed by atoms with E-state index >= 15 is 0 Å². The van der Waals surface area contributed by atoms with Crippen LogP contribution in [0, 0.1) is 0 Å². The fourth-order valence-corrected chi connectivity index (χ4v) is 5.57. The van der Waals surface area contributed by atoms with Gasteiger partial charge >= 0.3 is 6.03 Å². The van der Waals surface area contributed by atoms with Gasteiger partial charge in [-0.25, -0.2) is 4.79 Å². The molecule has 4 aromatic rings. The van der Waals surface area contributed by atoms with Crippen LogP contribution in [-0.4, -0.2) is 49.7 Å². The summed E-state index contributed by atoms with van der Waals surface area (Å²) in [5.74, 6) is 1.39. The first kappa shape index (κ1) is 32.6. The van der Waals surface area contributed by atoms with Crippen LogP contribution in [0.1, 0.15) is 76.0 Å². The third-order valence-electron chi connectivity index (χ3n) is 8.10. The molecule has 0 saturated heterocycles. The lowest BCUT2D eigenvalue weighted by Crippen LogP contribution is -2.36. The van der Waals surface area contributed by atoms with Gasteiger partial charge in [-0.3, -0.25) is 4.98 Å². The molecule has 0 aliphatic heterocycles. The fourth-order valence-electron chi connectivity index (χ4n) is 5.57. The zero-order valence-corrected chi connectivity index (χ0v) is 27.6. The molecule has 7 nitrogen and oxygen atoms in total. The normalized spacial score (nSPS) is 12.0. The van der Waals surface area contributed by atoms with Crippen molar-refractivity contribution >= 4 is 34.0 Å². The van der Waals surface area contributed by atoms with E-state index in [9.17, 15) is 4.79 Å². The van der Waals surface area contributed by atoms with Crippen LogP contribution in [0.25, 0.3) is 10.9 Å². The van der Waals surface area contributed by atoms with Gasteiger partial charge in [-0.1, -0.05) is 64.1 Å². The number of fused-ring (bicyclic) bond motifs is 1. The minimum absolute atomic E-state index is 0.0692. The lowest BCUT2D eigenvalue weighted by Gasteiger charge is -2.27. The molecule has 2 N–H and O–H groups in total. The summed E-state index contributed by atoms with van der Waals surface area (Å²) in [5, 5.41) is 8.02. The predicted molar refractivity (Wildman–Crippen MR) is 185 cm³/mol. The molecule has 1 unspecified atom stereocenters. The molecular weight excluding hydrogens is 546 g/mol. The molecule has 0 saturated carbocycles. The Kier molecular flexibility index (Phi) is 11.1. The average Bonchev–Trinajstić information content (AvgIpc) is 3.00. The SMILES string of the molecule is COc1cc(NC(C)CCCN(Cc2ccc(N(C)C)cc2)C(=O)Nc2c(C(C)C)cccc2C(C)C)c2ncccc2c1. The molecule has 0 radical (unpaired) electrons. The number of carbonyl (C=O) groups is 1. The number of carbonyl (C=O) groups excluding carboxylic acids is 1. The molecule has 0 fully saturated rings. The smallest absolute Gasteiger partial charge is 0.322 e. The van der Waals surface area contributed by atoms with Crippen molar-refractivity contribution in [1.82, 2.24) is 9.88 Å². The second-order valence-electron chi connectivity index (χ2n) is 12.5. The molecule has 0 aliphatic rings. The molecule has 7 heteroatoms. The Morgan fingerprint density at radius 1 is 0.909 bits per heavy atom. The van der Waals surface area contributed by atoms with E-state index in [-0.39, 0.29) is 12.1 Å². The molecule has 1 atom stereocenters. The fraction of sp³-hybridized carbons (Fsp3) is 0.405. The summed E-state index contributed by atoms with van der Waals surface area (Å²) in [6, 6.07) is 22.9. The maximum absolute atomic E-state index is 14.0. The van der Waals surface area contributed by atoms with Gasteiger partial charge in [-0.05, 0) is 72.6 Å². The highest BCUT2D eigenvalue weighted by Gasteiger charge is 2.20. The van der Waals surface area contributed by atoms with Crippen molar-refractivity contribution < 1.29 is 9.53 Å². The Morgan fingerprint density at radius 2 is 1.59 bits per heavy atom. The number of ether oxygens (including phenoxy) is 1. The first-order valence-corrected chi connectivity index (χ1v) is 15.7. The van der Waals surface area contributed by atoms with Gasteiger partial charge in [0.05, 0.1) is 18.3 Å². The van der Waals surface area contributed by atoms with Crippen LogP contribution in [-0.2, 0) is 6.54 Å². The molecule has 3 aromatic carbocycles. The van der Waals surface area contributed by atoms with Crippen LogP contribution < -0.4 is 20.3 Å². The Morgan fingerprint density at radius 3 is 2.20 bits per heavy atom. The number of methoxy groups -OCH3 is 1. The van der Waals surface area contributed by atoms with Crippen LogP contribution in [0.2, 0.25) is 0 Å². The van der Waals surface area contributed by atoms with Gasteiger partial charge in [-0.15, -0.1) is 0 Å². The third-order valence-corrected chi connectivity index (χ3v) is 8.10. The number of anilines is 3. The summed E-state index contributed by atoms with van der Waals surface area (Å²) in [6.07, 6.45) is 3.54. The molecular formula is C37H49N5O2. The molecule has 2 amide bonds. The summed E-state index contributed by atoms with van der Waals surface area (Å²) in [7, 11) is 5.75. The second-order valence-corrected chi connectivity index (χ2v) is 12.5. The first-order valence-electron chi connectivity index (χ1n) is 15.7. The molecule has 1 heterocycles. The van der Waals surface area contributed by atoms with Crippen LogP contribution in [0.4, 0.5) is 21.9 Å². The third kappa shape index (κ3) is 8.22. The van der Waals surface area contributed by atoms with Crippen LogP contribution >= 0.6 is 0 Å². The van der Waals surface area contributed by atoms with Crippen molar-refractivity contribution in [2.24, 2.45) is 0 Å². The summed E-state index contributed by atoms with van der Waals surface area (Å²) in [6.45, 7) is 12.0. The Labute approximate surface area is 263 Å². The van der Waals surface area contributed by atoms with Crippen molar-refractivity contribution in [2.75, 3.05) is 43.3 Å². The lowest BCUT2D eigenvalue weighted by atomic mass is 9.93. The average molecular weight is 596 g/mol. The van der Waals surface area contributed by atoms with E-state index in [0.29, 0.717) is 24.9 Å².